The van der Waals surface area contributed by atoms with Gasteiger partial charge in [-0.25, -0.2) is 18.4 Å². The standard InChI is InChI=1S/C32H31N7O4S/c1-38-19-23(9-11-31(38)40)22-5-4-12-39(20-22)30-7-3-6-27(37-30)28-10-8-21-16-34-25(14-29(21)36-28)17-35-32(41)24-13-26(18-33-15-24)44(2,42)43/h3,6-11,13-16,18-19,22H,4-5,12,17,20H2,1-2H3,(H,35,41). The Morgan fingerprint density at radius 1 is 1.02 bits per heavy atom. The summed E-state index contributed by atoms with van der Waals surface area (Å²) in [5.41, 5.74) is 4.07. The van der Waals surface area contributed by atoms with E-state index in [1.165, 1.54) is 18.5 Å². The van der Waals surface area contributed by atoms with Crippen molar-refractivity contribution in [1.82, 2.24) is 29.8 Å². The van der Waals surface area contributed by atoms with Crippen LogP contribution < -0.4 is 15.8 Å². The number of hydrogen-bond acceptors (Lipinski definition) is 9. The Morgan fingerprint density at radius 3 is 2.68 bits per heavy atom. The molecule has 44 heavy (non-hydrogen) atoms. The van der Waals surface area contributed by atoms with E-state index in [9.17, 15) is 18.0 Å². The molecule has 1 atom stereocenters. The predicted molar refractivity (Wildman–Crippen MR) is 167 cm³/mol. The molecule has 1 amide bonds. The van der Waals surface area contributed by atoms with E-state index in [-0.39, 0.29) is 22.6 Å². The fraction of sp³-hybridized carbons (Fsp3) is 0.250. The minimum absolute atomic E-state index is 0.0129. The second kappa shape index (κ2) is 12.0. The third kappa shape index (κ3) is 6.35. The maximum atomic E-state index is 12.7. The zero-order valence-corrected chi connectivity index (χ0v) is 25.2. The zero-order chi connectivity index (χ0) is 30.8. The summed E-state index contributed by atoms with van der Waals surface area (Å²) in [5, 5.41) is 3.62. The first-order valence-corrected chi connectivity index (χ1v) is 16.1. The molecule has 0 spiro atoms. The van der Waals surface area contributed by atoms with E-state index in [4.69, 9.17) is 9.97 Å². The Hall–Kier alpha value is -4.97. The van der Waals surface area contributed by atoms with Gasteiger partial charge >= 0.3 is 0 Å². The van der Waals surface area contributed by atoms with Crippen LogP contribution in [-0.2, 0) is 23.4 Å². The number of aromatic nitrogens is 5. The van der Waals surface area contributed by atoms with Gasteiger partial charge < -0.3 is 14.8 Å². The van der Waals surface area contributed by atoms with Crippen molar-refractivity contribution in [3.8, 4) is 11.4 Å². The average molecular weight is 610 g/mol. The summed E-state index contributed by atoms with van der Waals surface area (Å²) in [5.74, 6) is 0.737. The van der Waals surface area contributed by atoms with Gasteiger partial charge in [0.05, 0.1) is 39.6 Å². The summed E-state index contributed by atoms with van der Waals surface area (Å²) in [4.78, 5) is 44.9. The second-order valence-electron chi connectivity index (χ2n) is 11.0. The van der Waals surface area contributed by atoms with E-state index >= 15 is 0 Å². The second-order valence-corrected chi connectivity index (χ2v) is 13.0. The number of nitrogens with zero attached hydrogens (tertiary/aromatic N) is 6. The molecule has 5 aromatic rings. The van der Waals surface area contributed by atoms with E-state index < -0.39 is 15.7 Å². The number of nitrogens with one attached hydrogen (secondary N) is 1. The lowest BCUT2D eigenvalue weighted by Gasteiger charge is -2.34. The lowest BCUT2D eigenvalue weighted by atomic mass is 9.91. The molecule has 6 heterocycles. The smallest absolute Gasteiger partial charge is 0.253 e. The molecule has 0 aromatic carbocycles. The summed E-state index contributed by atoms with van der Waals surface area (Å²) in [7, 11) is -1.70. The van der Waals surface area contributed by atoms with Crippen LogP contribution in [0, 0.1) is 0 Å². The first kappa shape index (κ1) is 29.1. The molecule has 5 aromatic heterocycles. The van der Waals surface area contributed by atoms with Crippen LogP contribution in [0.5, 0.6) is 0 Å². The van der Waals surface area contributed by atoms with Crippen LogP contribution in [0.4, 0.5) is 5.82 Å². The quantitative estimate of drug-likeness (QED) is 0.294. The molecule has 1 fully saturated rings. The van der Waals surface area contributed by atoms with Crippen molar-refractivity contribution >= 4 is 32.5 Å². The number of aryl methyl sites for hydroxylation is 1. The number of carbonyl (C=O) groups is 1. The van der Waals surface area contributed by atoms with Gasteiger partial charge in [-0.15, -0.1) is 0 Å². The van der Waals surface area contributed by atoms with Crippen molar-refractivity contribution < 1.29 is 13.2 Å². The van der Waals surface area contributed by atoms with Gasteiger partial charge in [0, 0.05) is 68.6 Å². The van der Waals surface area contributed by atoms with E-state index in [2.05, 4.69) is 20.2 Å². The molecule has 0 aliphatic carbocycles. The SMILES string of the molecule is Cn1cc(C2CCCN(c3cccc(-c4ccc5cnc(CNC(=O)c6cncc(S(C)(=O)=O)c6)cc5n4)n3)C2)ccc1=O. The highest BCUT2D eigenvalue weighted by Crippen LogP contribution is 2.30. The third-order valence-electron chi connectivity index (χ3n) is 7.79. The molecule has 1 N–H and O–H groups in total. The maximum Gasteiger partial charge on any atom is 0.253 e. The summed E-state index contributed by atoms with van der Waals surface area (Å²) >= 11 is 0. The molecule has 0 radical (unpaired) electrons. The van der Waals surface area contributed by atoms with Crippen LogP contribution in [0.2, 0.25) is 0 Å². The van der Waals surface area contributed by atoms with Gasteiger partial charge in [-0.3, -0.25) is 19.6 Å². The van der Waals surface area contributed by atoms with Gasteiger partial charge in [0.1, 0.15) is 5.82 Å². The minimum atomic E-state index is -3.48. The molecule has 1 saturated heterocycles. The van der Waals surface area contributed by atoms with Gasteiger partial charge in [-0.2, -0.15) is 0 Å². The average Bonchev–Trinajstić information content (AvgIpc) is 3.04. The normalized spacial score (nSPS) is 15.3. The van der Waals surface area contributed by atoms with Crippen LogP contribution in [-0.4, -0.2) is 58.2 Å². The number of piperidine rings is 1. The number of sulfone groups is 1. The lowest BCUT2D eigenvalue weighted by molar-refractivity contribution is 0.0950. The Labute approximate surface area is 254 Å². The number of fused-ring (bicyclic) bond motifs is 1. The van der Waals surface area contributed by atoms with Crippen molar-refractivity contribution in [2.24, 2.45) is 7.05 Å². The summed E-state index contributed by atoms with van der Waals surface area (Å²) in [6, 6.07) is 16.5. The lowest BCUT2D eigenvalue weighted by Crippen LogP contribution is -2.35. The van der Waals surface area contributed by atoms with Crippen LogP contribution in [0.25, 0.3) is 22.3 Å². The predicted octanol–water partition coefficient (Wildman–Crippen LogP) is 3.50. The summed E-state index contributed by atoms with van der Waals surface area (Å²) < 4.78 is 25.3. The molecule has 224 valence electrons. The highest BCUT2D eigenvalue weighted by Gasteiger charge is 2.23. The fourth-order valence-electron chi connectivity index (χ4n) is 5.37. The van der Waals surface area contributed by atoms with Crippen LogP contribution >= 0.6 is 0 Å². The molecule has 11 nitrogen and oxygen atoms in total. The van der Waals surface area contributed by atoms with Crippen LogP contribution in [0.3, 0.4) is 0 Å². The molecule has 1 aliphatic heterocycles. The van der Waals surface area contributed by atoms with Crippen molar-refractivity contribution in [3.05, 3.63) is 107 Å². The van der Waals surface area contributed by atoms with E-state index in [0.717, 1.165) is 60.3 Å². The van der Waals surface area contributed by atoms with Crippen LogP contribution in [0.1, 0.15) is 40.4 Å². The molecular formula is C32H31N7O4S. The molecular weight excluding hydrogens is 578 g/mol. The first-order valence-electron chi connectivity index (χ1n) is 14.2. The Morgan fingerprint density at radius 2 is 1.86 bits per heavy atom. The minimum Gasteiger partial charge on any atom is -0.356 e. The Bertz CT molecular complexity index is 2040. The Balaban J connectivity index is 1.18. The highest BCUT2D eigenvalue weighted by molar-refractivity contribution is 7.90. The summed E-state index contributed by atoms with van der Waals surface area (Å²) in [6.45, 7) is 1.84. The first-order chi connectivity index (χ1) is 21.1. The number of rotatable bonds is 7. The van der Waals surface area contributed by atoms with Crippen molar-refractivity contribution in [3.63, 3.8) is 0 Å². The van der Waals surface area contributed by atoms with Gasteiger partial charge in [0.2, 0.25) is 5.56 Å². The molecule has 6 rings (SSSR count). The number of hydrogen-bond donors (Lipinski definition) is 1. The highest BCUT2D eigenvalue weighted by atomic mass is 32.2. The fourth-order valence-corrected chi connectivity index (χ4v) is 5.97. The number of pyridine rings is 5. The molecule has 0 bridgehead atoms. The zero-order valence-electron chi connectivity index (χ0n) is 24.3. The molecule has 1 unspecified atom stereocenters. The third-order valence-corrected chi connectivity index (χ3v) is 8.87. The number of amides is 1. The maximum absolute atomic E-state index is 12.7. The van der Waals surface area contributed by atoms with E-state index in [0.29, 0.717) is 17.1 Å². The number of carbonyl (C=O) groups excluding carboxylic acids is 1. The van der Waals surface area contributed by atoms with Crippen molar-refractivity contribution in [2.45, 2.75) is 30.2 Å². The largest absolute Gasteiger partial charge is 0.356 e. The number of anilines is 1. The van der Waals surface area contributed by atoms with Crippen molar-refractivity contribution in [1.29, 1.82) is 0 Å². The Kier molecular flexibility index (Phi) is 7.92. The summed E-state index contributed by atoms with van der Waals surface area (Å²) in [6.07, 6.45) is 9.32. The van der Waals surface area contributed by atoms with Crippen molar-refractivity contribution in [2.75, 3.05) is 24.2 Å². The van der Waals surface area contributed by atoms with E-state index in [1.54, 1.807) is 23.9 Å². The van der Waals surface area contributed by atoms with Gasteiger partial charge in [-0.05, 0) is 54.8 Å². The topological polar surface area (TPSA) is 140 Å². The van der Waals surface area contributed by atoms with Gasteiger partial charge in [0.25, 0.3) is 5.91 Å². The van der Waals surface area contributed by atoms with Gasteiger partial charge in [0.15, 0.2) is 9.84 Å². The molecule has 0 saturated carbocycles. The molecule has 12 heteroatoms. The van der Waals surface area contributed by atoms with Crippen LogP contribution in [0.15, 0.2) is 89.1 Å². The molecule has 1 aliphatic rings. The van der Waals surface area contributed by atoms with Gasteiger partial charge in [-0.1, -0.05) is 12.1 Å². The monoisotopic (exact) mass is 609 g/mol. The van der Waals surface area contributed by atoms with E-state index in [1.807, 2.05) is 48.7 Å².